The molecule has 3 heteroatoms. The van der Waals surface area contributed by atoms with Gasteiger partial charge in [-0.3, -0.25) is 4.90 Å². The first-order valence-corrected chi connectivity index (χ1v) is 4.46. The van der Waals surface area contributed by atoms with Crippen molar-refractivity contribution in [3.05, 3.63) is 0 Å². The molecule has 3 heterocycles. The van der Waals surface area contributed by atoms with E-state index in [0.717, 1.165) is 32.6 Å². The third kappa shape index (κ3) is 1.55. The predicted octanol–water partition coefficient (Wildman–Crippen LogP) is -0.192. The highest BCUT2D eigenvalue weighted by Crippen LogP contribution is 2.27. The number of nitrogens with two attached hydrogens (primary N) is 1. The minimum absolute atomic E-state index is 0.548. The Hall–Kier alpha value is -0.120. The van der Waals surface area contributed by atoms with Gasteiger partial charge < -0.3 is 10.5 Å². The van der Waals surface area contributed by atoms with E-state index in [1.807, 2.05) is 0 Å². The van der Waals surface area contributed by atoms with Crippen LogP contribution in [0.1, 0.15) is 12.8 Å². The van der Waals surface area contributed by atoms with Gasteiger partial charge in [0.2, 0.25) is 0 Å². The molecule has 3 fully saturated rings. The van der Waals surface area contributed by atoms with Gasteiger partial charge >= 0.3 is 0 Å². The van der Waals surface area contributed by atoms with Crippen molar-refractivity contribution >= 4 is 0 Å². The highest BCUT2D eigenvalue weighted by atomic mass is 16.5. The van der Waals surface area contributed by atoms with Gasteiger partial charge in [-0.15, -0.1) is 0 Å². The molecule has 2 atom stereocenters. The number of morpholine rings is 1. The minimum Gasteiger partial charge on any atom is -0.372 e. The largest absolute Gasteiger partial charge is 0.372 e. The van der Waals surface area contributed by atoms with E-state index < -0.39 is 0 Å². The number of rotatable bonds is 3. The normalized spacial score (nSPS) is 36.8. The molecule has 3 aliphatic heterocycles. The number of fused-ring (bicyclic) bond motifs is 2. The second kappa shape index (κ2) is 3.09. The molecule has 0 aromatic heterocycles. The molecule has 0 saturated carbocycles. The van der Waals surface area contributed by atoms with E-state index in [0.29, 0.717) is 12.2 Å². The zero-order valence-corrected chi connectivity index (χ0v) is 6.83. The van der Waals surface area contributed by atoms with E-state index in [9.17, 15) is 0 Å². The van der Waals surface area contributed by atoms with Gasteiger partial charge in [-0.2, -0.15) is 0 Å². The van der Waals surface area contributed by atoms with Gasteiger partial charge in [-0.25, -0.2) is 0 Å². The fraction of sp³-hybridized carbons (Fsp3) is 1.00. The van der Waals surface area contributed by atoms with Gasteiger partial charge in [0.25, 0.3) is 0 Å². The van der Waals surface area contributed by atoms with E-state index in [1.165, 1.54) is 6.42 Å². The Kier molecular flexibility index (Phi) is 2.11. The molecule has 64 valence electrons. The van der Waals surface area contributed by atoms with E-state index in [-0.39, 0.29) is 0 Å². The average molecular weight is 156 g/mol. The van der Waals surface area contributed by atoms with Crippen molar-refractivity contribution in [1.29, 1.82) is 0 Å². The van der Waals surface area contributed by atoms with Crippen LogP contribution in [-0.4, -0.2) is 43.3 Å². The molecule has 0 radical (unpaired) electrons. The zero-order valence-electron chi connectivity index (χ0n) is 6.83. The monoisotopic (exact) mass is 156 g/mol. The van der Waals surface area contributed by atoms with Crippen molar-refractivity contribution in [2.45, 2.75) is 25.0 Å². The van der Waals surface area contributed by atoms with Crippen LogP contribution in [0.2, 0.25) is 0 Å². The van der Waals surface area contributed by atoms with Crippen LogP contribution in [0.15, 0.2) is 0 Å². The number of piperidine rings is 1. The van der Waals surface area contributed by atoms with Crippen LogP contribution in [0.4, 0.5) is 0 Å². The Morgan fingerprint density at radius 1 is 1.36 bits per heavy atom. The summed E-state index contributed by atoms with van der Waals surface area (Å²) in [6.45, 7) is 4.24. The van der Waals surface area contributed by atoms with Gasteiger partial charge in [0.05, 0.1) is 12.2 Å². The quantitative estimate of drug-likeness (QED) is 0.615. The molecule has 3 nitrogen and oxygen atoms in total. The molecule has 0 spiro atoms. The summed E-state index contributed by atoms with van der Waals surface area (Å²) in [6, 6.07) is 0. The highest BCUT2D eigenvalue weighted by molar-refractivity contribution is 4.88. The van der Waals surface area contributed by atoms with Crippen LogP contribution < -0.4 is 5.73 Å². The van der Waals surface area contributed by atoms with Crippen LogP contribution in [-0.2, 0) is 4.74 Å². The molecule has 2 bridgehead atoms. The third-order valence-corrected chi connectivity index (χ3v) is 2.51. The van der Waals surface area contributed by atoms with Gasteiger partial charge in [-0.1, -0.05) is 0 Å². The van der Waals surface area contributed by atoms with E-state index >= 15 is 0 Å². The molecule has 0 amide bonds. The Bertz CT molecular complexity index is 124. The first kappa shape index (κ1) is 7.53. The summed E-state index contributed by atoms with van der Waals surface area (Å²) >= 11 is 0. The maximum Gasteiger partial charge on any atom is 0.0731 e. The molecule has 2 N–H and O–H groups in total. The summed E-state index contributed by atoms with van der Waals surface area (Å²) in [6.07, 6.45) is 3.51. The van der Waals surface area contributed by atoms with Crippen molar-refractivity contribution in [2.75, 3.05) is 26.2 Å². The highest BCUT2D eigenvalue weighted by Gasteiger charge is 2.37. The molecular formula is C8H16N2O. The number of hydrogen-bond donors (Lipinski definition) is 1. The molecule has 11 heavy (non-hydrogen) atoms. The van der Waals surface area contributed by atoms with E-state index in [1.54, 1.807) is 0 Å². The first-order chi connectivity index (χ1) is 5.38. The van der Waals surface area contributed by atoms with Gasteiger partial charge in [-0.05, 0) is 19.5 Å². The Balaban J connectivity index is 1.70. The maximum atomic E-state index is 5.51. The Labute approximate surface area is 67.5 Å². The lowest BCUT2D eigenvalue weighted by atomic mass is 9.99. The fourth-order valence-corrected chi connectivity index (χ4v) is 1.94. The van der Waals surface area contributed by atoms with Gasteiger partial charge in [0.1, 0.15) is 0 Å². The second-order valence-corrected chi connectivity index (χ2v) is 3.52. The smallest absolute Gasteiger partial charge is 0.0731 e. The lowest BCUT2D eigenvalue weighted by molar-refractivity contribution is -0.180. The average Bonchev–Trinajstić information content (AvgIpc) is 2.00. The maximum absolute atomic E-state index is 5.51. The fourth-order valence-electron chi connectivity index (χ4n) is 1.94. The Morgan fingerprint density at radius 3 is 2.55 bits per heavy atom. The molecule has 0 aliphatic carbocycles. The zero-order chi connectivity index (χ0) is 7.68. The minimum atomic E-state index is 0.548. The molecule has 2 unspecified atom stereocenters. The summed E-state index contributed by atoms with van der Waals surface area (Å²) in [5.41, 5.74) is 5.43. The standard InChI is InChI=1S/C8H16N2O/c9-2-1-3-10-5-7-4-8(6-10)11-7/h7-8H,1-6,9H2. The predicted molar refractivity (Wildman–Crippen MR) is 43.4 cm³/mol. The lowest BCUT2D eigenvalue weighted by Crippen LogP contribution is -2.57. The van der Waals surface area contributed by atoms with E-state index in [4.69, 9.17) is 10.5 Å². The van der Waals surface area contributed by atoms with Crippen LogP contribution in [0, 0.1) is 0 Å². The second-order valence-electron chi connectivity index (χ2n) is 3.52. The van der Waals surface area contributed by atoms with Crippen LogP contribution in [0.3, 0.4) is 0 Å². The van der Waals surface area contributed by atoms with E-state index in [2.05, 4.69) is 4.90 Å². The van der Waals surface area contributed by atoms with Gasteiger partial charge in [0.15, 0.2) is 0 Å². The summed E-state index contributed by atoms with van der Waals surface area (Å²) in [5, 5.41) is 0. The molecule has 3 aliphatic rings. The summed E-state index contributed by atoms with van der Waals surface area (Å²) in [7, 11) is 0. The summed E-state index contributed by atoms with van der Waals surface area (Å²) in [4.78, 5) is 2.47. The van der Waals surface area contributed by atoms with Crippen LogP contribution >= 0.6 is 0 Å². The molecule has 3 rings (SSSR count). The third-order valence-electron chi connectivity index (χ3n) is 2.51. The van der Waals surface area contributed by atoms with Crippen LogP contribution in [0.25, 0.3) is 0 Å². The summed E-state index contributed by atoms with van der Waals surface area (Å²) < 4.78 is 5.51. The molecule has 0 aromatic carbocycles. The molecular weight excluding hydrogens is 140 g/mol. The SMILES string of the molecule is NCCCN1CC2CC(C1)O2. The number of nitrogens with zero attached hydrogens (tertiary/aromatic N) is 1. The van der Waals surface area contributed by atoms with Crippen molar-refractivity contribution in [3.63, 3.8) is 0 Å². The van der Waals surface area contributed by atoms with Crippen molar-refractivity contribution in [1.82, 2.24) is 4.90 Å². The number of ether oxygens (including phenoxy) is 1. The molecule has 3 saturated heterocycles. The number of hydrogen-bond acceptors (Lipinski definition) is 3. The van der Waals surface area contributed by atoms with Gasteiger partial charge in [0, 0.05) is 19.5 Å². The topological polar surface area (TPSA) is 38.5 Å². The van der Waals surface area contributed by atoms with Crippen molar-refractivity contribution in [3.8, 4) is 0 Å². The molecule has 0 aromatic rings. The van der Waals surface area contributed by atoms with Crippen molar-refractivity contribution in [2.24, 2.45) is 5.73 Å². The van der Waals surface area contributed by atoms with Crippen molar-refractivity contribution < 1.29 is 4.74 Å². The lowest BCUT2D eigenvalue weighted by Gasteiger charge is -2.47. The first-order valence-electron chi connectivity index (χ1n) is 4.46. The van der Waals surface area contributed by atoms with Crippen LogP contribution in [0.5, 0.6) is 0 Å². The Morgan fingerprint density at radius 2 is 2.00 bits per heavy atom. The summed E-state index contributed by atoms with van der Waals surface area (Å²) in [5.74, 6) is 0.